The van der Waals surface area contributed by atoms with Gasteiger partial charge in [0, 0.05) is 24.4 Å². The summed E-state index contributed by atoms with van der Waals surface area (Å²) in [5.74, 6) is 0.715. The van der Waals surface area contributed by atoms with Crippen molar-refractivity contribution in [2.45, 2.75) is 44.6 Å². The van der Waals surface area contributed by atoms with Gasteiger partial charge in [0.2, 0.25) is 0 Å². The second kappa shape index (κ2) is 8.05. The van der Waals surface area contributed by atoms with Gasteiger partial charge in [-0.1, -0.05) is 18.2 Å². The first kappa shape index (κ1) is 18.5. The summed E-state index contributed by atoms with van der Waals surface area (Å²) < 4.78 is 13.1. The zero-order valence-electron chi connectivity index (χ0n) is 16.5. The number of methoxy groups -OCH3 is 1. The molecule has 1 aliphatic carbocycles. The molecule has 0 aliphatic heterocycles. The Balaban J connectivity index is 1.75. The lowest BCUT2D eigenvalue weighted by molar-refractivity contribution is -0.140. The third kappa shape index (κ3) is 3.75. The van der Waals surface area contributed by atoms with Crippen LogP contribution in [0.4, 0.5) is 0 Å². The van der Waals surface area contributed by atoms with E-state index < -0.39 is 0 Å². The highest BCUT2D eigenvalue weighted by Gasteiger charge is 2.20. The number of nitrogens with zero attached hydrogens (tertiary/aromatic N) is 2. The molecule has 0 bridgehead atoms. The number of hydrogen-bond acceptors (Lipinski definition) is 4. The highest BCUT2D eigenvalue weighted by atomic mass is 16.5. The van der Waals surface area contributed by atoms with Crippen LogP contribution in [0.25, 0.3) is 22.0 Å². The van der Waals surface area contributed by atoms with E-state index >= 15 is 0 Å². The Morgan fingerprint density at radius 2 is 2.00 bits per heavy atom. The molecule has 4 rings (SSSR count). The number of ether oxygens (including phenoxy) is 2. The average molecular weight is 378 g/mol. The van der Waals surface area contributed by atoms with Crippen LogP contribution < -0.4 is 4.74 Å². The van der Waals surface area contributed by atoms with Crippen LogP contribution in [0.3, 0.4) is 0 Å². The second-order valence-electron chi connectivity index (χ2n) is 7.44. The Kier molecular flexibility index (Phi) is 5.33. The maximum Gasteiger partial charge on any atom is 0.305 e. The molecular formula is C23H26N2O3. The zero-order valence-corrected chi connectivity index (χ0v) is 16.5. The Bertz CT molecular complexity index is 987. The van der Waals surface area contributed by atoms with Crippen molar-refractivity contribution in [1.29, 1.82) is 0 Å². The van der Waals surface area contributed by atoms with Crippen LogP contribution in [0.1, 0.15) is 37.7 Å². The molecule has 0 atom stereocenters. The van der Waals surface area contributed by atoms with Gasteiger partial charge in [-0.15, -0.1) is 0 Å². The Morgan fingerprint density at radius 1 is 1.18 bits per heavy atom. The minimum Gasteiger partial charge on any atom is -0.490 e. The van der Waals surface area contributed by atoms with Crippen LogP contribution in [-0.2, 0) is 23.0 Å². The number of aryl methyl sites for hydroxylation is 2. The number of fused-ring (bicyclic) bond motifs is 1. The van der Waals surface area contributed by atoms with E-state index in [1.54, 1.807) is 0 Å². The van der Waals surface area contributed by atoms with Gasteiger partial charge >= 0.3 is 5.97 Å². The first-order valence-corrected chi connectivity index (χ1v) is 9.93. The number of aromatic nitrogens is 2. The number of carbonyl (C=O) groups is 1. The van der Waals surface area contributed by atoms with Crippen LogP contribution in [0.15, 0.2) is 42.6 Å². The molecule has 1 fully saturated rings. The molecule has 0 N–H and O–H groups in total. The SMILES string of the molecule is COC(=O)CCc1ccc(OC2CCCC2)c(-c2cccc3c2cnn3C)c1. The molecule has 0 spiro atoms. The van der Waals surface area contributed by atoms with Gasteiger partial charge in [-0.2, -0.15) is 5.10 Å². The van der Waals surface area contributed by atoms with E-state index in [4.69, 9.17) is 9.47 Å². The van der Waals surface area contributed by atoms with Crippen LogP contribution in [-0.4, -0.2) is 29.0 Å². The van der Waals surface area contributed by atoms with E-state index in [0.717, 1.165) is 46.2 Å². The number of esters is 1. The Morgan fingerprint density at radius 3 is 2.79 bits per heavy atom. The average Bonchev–Trinajstić information content (AvgIpc) is 3.37. The standard InChI is InChI=1S/C23H26N2O3/c1-25-21-9-5-8-18(20(21)15-24-25)19-14-16(11-13-23(26)27-2)10-12-22(19)28-17-6-3-4-7-17/h5,8-10,12,14-15,17H,3-4,6-7,11,13H2,1-2H3. The summed E-state index contributed by atoms with van der Waals surface area (Å²) in [4.78, 5) is 11.6. The smallest absolute Gasteiger partial charge is 0.305 e. The fourth-order valence-electron chi connectivity index (χ4n) is 3.99. The van der Waals surface area contributed by atoms with Crippen LogP contribution in [0.5, 0.6) is 5.75 Å². The van der Waals surface area contributed by atoms with E-state index in [0.29, 0.717) is 12.8 Å². The number of carbonyl (C=O) groups excluding carboxylic acids is 1. The van der Waals surface area contributed by atoms with Crippen LogP contribution >= 0.6 is 0 Å². The van der Waals surface area contributed by atoms with Crippen molar-refractivity contribution in [3.8, 4) is 16.9 Å². The lowest BCUT2D eigenvalue weighted by Crippen LogP contribution is -2.11. The quantitative estimate of drug-likeness (QED) is 0.585. The largest absolute Gasteiger partial charge is 0.490 e. The van der Waals surface area contributed by atoms with Gasteiger partial charge < -0.3 is 9.47 Å². The van der Waals surface area contributed by atoms with Crippen molar-refractivity contribution in [1.82, 2.24) is 9.78 Å². The summed E-state index contributed by atoms with van der Waals surface area (Å²) in [7, 11) is 3.38. The van der Waals surface area contributed by atoms with Crippen molar-refractivity contribution in [2.75, 3.05) is 7.11 Å². The third-order valence-electron chi connectivity index (χ3n) is 5.57. The minimum atomic E-state index is -0.192. The summed E-state index contributed by atoms with van der Waals surface area (Å²) in [5.41, 5.74) is 4.36. The molecule has 1 heterocycles. The Hall–Kier alpha value is -2.82. The normalized spacial score (nSPS) is 14.5. The molecule has 0 amide bonds. The van der Waals surface area contributed by atoms with Gasteiger partial charge in [-0.05, 0) is 61.4 Å². The fraction of sp³-hybridized carbons (Fsp3) is 0.391. The fourth-order valence-corrected chi connectivity index (χ4v) is 3.99. The molecule has 0 radical (unpaired) electrons. The molecule has 3 aromatic rings. The molecule has 1 saturated carbocycles. The van der Waals surface area contributed by atoms with Crippen molar-refractivity contribution in [2.24, 2.45) is 7.05 Å². The van der Waals surface area contributed by atoms with E-state index in [9.17, 15) is 4.79 Å². The zero-order chi connectivity index (χ0) is 19.5. The third-order valence-corrected chi connectivity index (χ3v) is 5.57. The first-order valence-electron chi connectivity index (χ1n) is 9.93. The topological polar surface area (TPSA) is 53.4 Å². The Labute approximate surface area is 165 Å². The van der Waals surface area contributed by atoms with E-state index in [-0.39, 0.29) is 12.1 Å². The minimum absolute atomic E-state index is 0.192. The van der Waals surface area contributed by atoms with Gasteiger partial charge in [0.25, 0.3) is 0 Å². The molecule has 0 saturated heterocycles. The number of benzene rings is 2. The van der Waals surface area contributed by atoms with Crippen LogP contribution in [0.2, 0.25) is 0 Å². The van der Waals surface area contributed by atoms with Gasteiger partial charge in [-0.25, -0.2) is 0 Å². The van der Waals surface area contributed by atoms with Crippen molar-refractivity contribution in [3.63, 3.8) is 0 Å². The highest BCUT2D eigenvalue weighted by Crippen LogP contribution is 2.37. The lowest BCUT2D eigenvalue weighted by Gasteiger charge is -2.18. The predicted molar refractivity (Wildman–Crippen MR) is 109 cm³/mol. The number of hydrogen-bond donors (Lipinski definition) is 0. The molecule has 5 heteroatoms. The molecule has 5 nitrogen and oxygen atoms in total. The molecule has 1 aromatic heterocycles. The van der Waals surface area contributed by atoms with E-state index in [1.165, 1.54) is 20.0 Å². The molecule has 1 aliphatic rings. The maximum absolute atomic E-state index is 11.6. The van der Waals surface area contributed by atoms with Crippen molar-refractivity contribution < 1.29 is 14.3 Å². The molecule has 28 heavy (non-hydrogen) atoms. The summed E-state index contributed by atoms with van der Waals surface area (Å²) in [6.45, 7) is 0. The molecular weight excluding hydrogens is 352 g/mol. The summed E-state index contributed by atoms with van der Waals surface area (Å²) >= 11 is 0. The predicted octanol–water partition coefficient (Wildman–Crippen LogP) is 4.67. The maximum atomic E-state index is 11.6. The van der Waals surface area contributed by atoms with E-state index in [1.807, 2.05) is 17.9 Å². The monoisotopic (exact) mass is 378 g/mol. The summed E-state index contributed by atoms with van der Waals surface area (Å²) in [6, 6.07) is 12.5. The van der Waals surface area contributed by atoms with E-state index in [2.05, 4.69) is 41.5 Å². The molecule has 146 valence electrons. The molecule has 0 unspecified atom stereocenters. The second-order valence-corrected chi connectivity index (χ2v) is 7.44. The first-order chi connectivity index (χ1) is 13.7. The molecule has 2 aromatic carbocycles. The van der Waals surface area contributed by atoms with Gasteiger partial charge in [0.15, 0.2) is 0 Å². The van der Waals surface area contributed by atoms with Gasteiger partial charge in [0.05, 0.1) is 24.9 Å². The highest BCUT2D eigenvalue weighted by molar-refractivity contribution is 5.96. The summed E-state index contributed by atoms with van der Waals surface area (Å²) in [6.07, 6.45) is 7.90. The van der Waals surface area contributed by atoms with Gasteiger partial charge in [0.1, 0.15) is 5.75 Å². The van der Waals surface area contributed by atoms with Crippen molar-refractivity contribution >= 4 is 16.9 Å². The van der Waals surface area contributed by atoms with Gasteiger partial charge in [-0.3, -0.25) is 9.48 Å². The number of rotatable bonds is 6. The van der Waals surface area contributed by atoms with Crippen LogP contribution in [0, 0.1) is 0 Å². The summed E-state index contributed by atoms with van der Waals surface area (Å²) in [5, 5.41) is 5.53. The lowest BCUT2D eigenvalue weighted by atomic mass is 9.97. The van der Waals surface area contributed by atoms with Crippen molar-refractivity contribution in [3.05, 3.63) is 48.2 Å².